The van der Waals surface area contributed by atoms with Crippen LogP contribution in [0.15, 0.2) is 0 Å². The van der Waals surface area contributed by atoms with Crippen LogP contribution in [0, 0.1) is 0 Å². The Labute approximate surface area is 114 Å². The van der Waals surface area contributed by atoms with Crippen molar-refractivity contribution < 1.29 is 13.9 Å². The second-order valence-corrected chi connectivity index (χ2v) is 10.1. The first-order chi connectivity index (χ1) is 8.56. The minimum atomic E-state index is -1.37. The van der Waals surface area contributed by atoms with Crippen LogP contribution in [0.4, 0.5) is 0 Å². The molecule has 0 atom stereocenters. The monoisotopic (exact) mass is 276 g/mol. The third-order valence-corrected chi connectivity index (χ3v) is 3.60. The molecule has 0 rings (SSSR count). The van der Waals surface area contributed by atoms with Gasteiger partial charge in [-0.1, -0.05) is 32.6 Å². The predicted molar refractivity (Wildman–Crippen MR) is 79.7 cm³/mol. The van der Waals surface area contributed by atoms with E-state index in [1.54, 1.807) is 0 Å². The van der Waals surface area contributed by atoms with Gasteiger partial charge in [0.25, 0.3) is 0 Å². The van der Waals surface area contributed by atoms with Crippen molar-refractivity contribution in [3.63, 3.8) is 0 Å². The summed E-state index contributed by atoms with van der Waals surface area (Å²) in [6.45, 7) is 12.5. The Morgan fingerprint density at radius 2 is 1.22 bits per heavy atom. The third kappa shape index (κ3) is 16.1. The molecule has 0 fully saturated rings. The van der Waals surface area contributed by atoms with Gasteiger partial charge in [0.1, 0.15) is 0 Å². The van der Waals surface area contributed by atoms with Gasteiger partial charge in [-0.25, -0.2) is 0 Å². The fourth-order valence-electron chi connectivity index (χ4n) is 1.54. The second-order valence-electron chi connectivity index (χ2n) is 5.60. The quantitative estimate of drug-likeness (QED) is 0.378. The van der Waals surface area contributed by atoms with Gasteiger partial charge in [-0.2, -0.15) is 0 Å². The summed E-state index contributed by atoms with van der Waals surface area (Å²) in [5, 5.41) is 0. The molecule has 0 aliphatic carbocycles. The highest BCUT2D eigenvalue weighted by Gasteiger charge is 2.12. The molecule has 0 aromatic heterocycles. The molecule has 0 amide bonds. The van der Waals surface area contributed by atoms with Crippen LogP contribution >= 0.6 is 0 Å². The van der Waals surface area contributed by atoms with Gasteiger partial charge in [-0.3, -0.25) is 0 Å². The smallest absolute Gasteiger partial charge is 0.183 e. The average molecular weight is 276 g/mol. The van der Waals surface area contributed by atoms with Gasteiger partial charge in [-0.05, 0) is 26.1 Å². The molecule has 0 saturated carbocycles. The lowest BCUT2D eigenvalue weighted by Gasteiger charge is -2.16. The lowest BCUT2D eigenvalue weighted by Crippen LogP contribution is -2.27. The van der Waals surface area contributed by atoms with Gasteiger partial charge in [-0.15, -0.1) is 0 Å². The minimum Gasteiger partial charge on any atom is -0.415 e. The molecule has 110 valence electrons. The highest BCUT2D eigenvalue weighted by Crippen LogP contribution is 2.02. The van der Waals surface area contributed by atoms with Gasteiger partial charge in [0.05, 0.1) is 26.4 Å². The van der Waals surface area contributed by atoms with E-state index in [9.17, 15) is 0 Å². The number of ether oxygens (including phenoxy) is 2. The zero-order valence-electron chi connectivity index (χ0n) is 12.8. The van der Waals surface area contributed by atoms with Gasteiger partial charge in [0.15, 0.2) is 8.32 Å². The zero-order chi connectivity index (χ0) is 13.7. The molecule has 0 N–H and O–H groups in total. The lowest BCUT2D eigenvalue weighted by atomic mass is 10.2. The summed E-state index contributed by atoms with van der Waals surface area (Å²) in [5.41, 5.74) is 0. The standard InChI is InChI=1S/C14H32O3Si/c1-5-6-7-8-9-10-15-11-12-16-13-14-17-18(2,3)4/h5-14H2,1-4H3. The summed E-state index contributed by atoms with van der Waals surface area (Å²) in [6.07, 6.45) is 6.45. The van der Waals surface area contributed by atoms with Gasteiger partial charge in [0.2, 0.25) is 0 Å². The first-order valence-electron chi connectivity index (χ1n) is 7.35. The van der Waals surface area contributed by atoms with Crippen molar-refractivity contribution in [1.82, 2.24) is 0 Å². The molecular formula is C14H32O3Si. The van der Waals surface area contributed by atoms with Crippen LogP contribution in [0.1, 0.15) is 39.0 Å². The van der Waals surface area contributed by atoms with E-state index < -0.39 is 8.32 Å². The van der Waals surface area contributed by atoms with Crippen LogP contribution in [-0.4, -0.2) is 41.4 Å². The van der Waals surface area contributed by atoms with Crippen LogP contribution in [0.25, 0.3) is 0 Å². The highest BCUT2D eigenvalue weighted by atomic mass is 28.4. The van der Waals surface area contributed by atoms with Gasteiger partial charge < -0.3 is 13.9 Å². The molecule has 0 aliphatic rings. The average Bonchev–Trinajstić information content (AvgIpc) is 2.29. The molecule has 0 radical (unpaired) electrons. The van der Waals surface area contributed by atoms with E-state index in [-0.39, 0.29) is 0 Å². The molecule has 0 unspecified atom stereocenters. The van der Waals surface area contributed by atoms with E-state index >= 15 is 0 Å². The molecule has 0 aliphatic heterocycles. The van der Waals surface area contributed by atoms with Crippen LogP contribution in [0.2, 0.25) is 19.6 Å². The van der Waals surface area contributed by atoms with Crippen molar-refractivity contribution in [2.24, 2.45) is 0 Å². The Hall–Kier alpha value is 0.0969. The zero-order valence-corrected chi connectivity index (χ0v) is 13.8. The topological polar surface area (TPSA) is 27.7 Å². The number of hydrogen-bond donors (Lipinski definition) is 0. The molecule has 0 aromatic carbocycles. The van der Waals surface area contributed by atoms with E-state index in [1.807, 2.05) is 0 Å². The molecule has 4 heteroatoms. The van der Waals surface area contributed by atoms with E-state index in [2.05, 4.69) is 26.6 Å². The Kier molecular flexibility index (Phi) is 12.2. The Bertz CT molecular complexity index is 169. The number of hydrogen-bond acceptors (Lipinski definition) is 3. The SMILES string of the molecule is CCCCCCCOCCOCCO[Si](C)(C)C. The Morgan fingerprint density at radius 3 is 1.83 bits per heavy atom. The Morgan fingerprint density at radius 1 is 0.667 bits per heavy atom. The normalized spacial score (nSPS) is 12.0. The Balaban J connectivity index is 2.99. The van der Waals surface area contributed by atoms with E-state index in [4.69, 9.17) is 13.9 Å². The van der Waals surface area contributed by atoms with Crippen molar-refractivity contribution in [3.05, 3.63) is 0 Å². The first kappa shape index (κ1) is 18.1. The van der Waals surface area contributed by atoms with Crippen molar-refractivity contribution in [3.8, 4) is 0 Å². The fraction of sp³-hybridized carbons (Fsp3) is 1.00. The van der Waals surface area contributed by atoms with E-state index in [0.29, 0.717) is 26.4 Å². The summed E-state index contributed by atoms with van der Waals surface area (Å²) in [4.78, 5) is 0. The highest BCUT2D eigenvalue weighted by molar-refractivity contribution is 6.69. The minimum absolute atomic E-state index is 0.685. The summed E-state index contributed by atoms with van der Waals surface area (Å²) >= 11 is 0. The molecule has 0 spiro atoms. The molecule has 0 saturated heterocycles. The van der Waals surface area contributed by atoms with Crippen molar-refractivity contribution in [2.75, 3.05) is 33.0 Å². The molecule has 3 nitrogen and oxygen atoms in total. The van der Waals surface area contributed by atoms with Crippen LogP contribution in [0.5, 0.6) is 0 Å². The molecule has 0 bridgehead atoms. The summed E-state index contributed by atoms with van der Waals surface area (Å²) in [7, 11) is -1.37. The molecule has 0 heterocycles. The number of unbranched alkanes of at least 4 members (excludes halogenated alkanes) is 4. The number of rotatable bonds is 13. The van der Waals surface area contributed by atoms with Crippen molar-refractivity contribution in [1.29, 1.82) is 0 Å². The molecule has 0 aromatic rings. The third-order valence-electron chi connectivity index (χ3n) is 2.53. The second kappa shape index (κ2) is 12.1. The van der Waals surface area contributed by atoms with Crippen molar-refractivity contribution >= 4 is 8.32 Å². The van der Waals surface area contributed by atoms with Crippen LogP contribution in [0.3, 0.4) is 0 Å². The maximum atomic E-state index is 5.69. The summed E-state index contributed by atoms with van der Waals surface area (Å²) in [6, 6.07) is 0. The molecular weight excluding hydrogens is 244 g/mol. The first-order valence-corrected chi connectivity index (χ1v) is 10.8. The van der Waals surface area contributed by atoms with Crippen LogP contribution < -0.4 is 0 Å². The van der Waals surface area contributed by atoms with Gasteiger partial charge in [0, 0.05) is 6.61 Å². The van der Waals surface area contributed by atoms with Crippen molar-refractivity contribution in [2.45, 2.75) is 58.7 Å². The summed E-state index contributed by atoms with van der Waals surface area (Å²) in [5.74, 6) is 0. The van der Waals surface area contributed by atoms with E-state index in [1.165, 1.54) is 32.1 Å². The fourth-order valence-corrected chi connectivity index (χ4v) is 2.23. The largest absolute Gasteiger partial charge is 0.415 e. The maximum Gasteiger partial charge on any atom is 0.183 e. The summed E-state index contributed by atoms with van der Waals surface area (Å²) < 4.78 is 16.6. The van der Waals surface area contributed by atoms with Crippen LogP contribution in [-0.2, 0) is 13.9 Å². The maximum absolute atomic E-state index is 5.69. The van der Waals surface area contributed by atoms with E-state index in [0.717, 1.165) is 6.61 Å². The lowest BCUT2D eigenvalue weighted by molar-refractivity contribution is 0.0343. The molecule has 18 heavy (non-hydrogen) atoms. The van der Waals surface area contributed by atoms with Gasteiger partial charge >= 0.3 is 0 Å². The predicted octanol–water partition coefficient (Wildman–Crippen LogP) is 3.84.